The fraction of sp³-hybridized carbons (Fsp3) is 0.342. The van der Waals surface area contributed by atoms with Crippen LogP contribution in [0.3, 0.4) is 0 Å². The van der Waals surface area contributed by atoms with Crippen molar-refractivity contribution < 1.29 is 42.5 Å². The molecule has 1 aliphatic heterocycles. The number of pyridine rings is 1. The van der Waals surface area contributed by atoms with Gasteiger partial charge in [-0.1, -0.05) is 42.5 Å². The second kappa shape index (κ2) is 16.9. The van der Waals surface area contributed by atoms with E-state index in [0.29, 0.717) is 90.8 Å². The van der Waals surface area contributed by atoms with Crippen LogP contribution in [-0.2, 0) is 26.0 Å². The second-order valence-electron chi connectivity index (χ2n) is 10.9. The van der Waals surface area contributed by atoms with Crippen molar-refractivity contribution in [2.24, 2.45) is 7.05 Å². The van der Waals surface area contributed by atoms with E-state index in [0.717, 1.165) is 44.4 Å². The lowest BCUT2D eigenvalue weighted by atomic mass is 9.95. The van der Waals surface area contributed by atoms with E-state index in [1.165, 1.54) is 0 Å². The molecule has 0 radical (unpaired) electrons. The number of nitrogens with zero attached hydrogens (tertiary/aromatic N) is 1. The average molecular weight is 641 g/mol. The molecule has 0 saturated heterocycles. The summed E-state index contributed by atoms with van der Waals surface area (Å²) in [4.78, 5) is 0. The van der Waals surface area contributed by atoms with Crippen LogP contribution in [0.15, 0.2) is 91.0 Å². The van der Waals surface area contributed by atoms with Gasteiger partial charge in [-0.15, -0.1) is 0 Å². The molecule has 4 bridgehead atoms. The van der Waals surface area contributed by atoms with Gasteiger partial charge in [-0.2, -0.15) is 4.57 Å². The highest BCUT2D eigenvalue weighted by molar-refractivity contribution is 6.07. The van der Waals surface area contributed by atoms with Gasteiger partial charge in [0.15, 0.2) is 11.5 Å². The number of ether oxygens (including phenoxy) is 8. The number of fused-ring (bicyclic) bond motifs is 3. The summed E-state index contributed by atoms with van der Waals surface area (Å²) >= 11 is 0. The minimum absolute atomic E-state index is 0.405. The molecule has 0 N–H and O–H groups in total. The van der Waals surface area contributed by atoms with Crippen LogP contribution in [0.1, 0.15) is 0 Å². The van der Waals surface area contributed by atoms with Crippen molar-refractivity contribution in [1.29, 1.82) is 0 Å². The molecule has 0 aliphatic carbocycles. The number of aromatic nitrogens is 1. The Morgan fingerprint density at radius 3 is 1.30 bits per heavy atom. The largest absolute Gasteiger partial charge is 0.491 e. The minimum Gasteiger partial charge on any atom is -0.491 e. The average Bonchev–Trinajstić information content (AvgIpc) is 3.10. The Balaban J connectivity index is 1.18. The molecule has 4 aromatic carbocycles. The first-order chi connectivity index (χ1) is 23.3. The Morgan fingerprint density at radius 2 is 0.830 bits per heavy atom. The lowest BCUT2D eigenvalue weighted by Crippen LogP contribution is -2.30. The van der Waals surface area contributed by atoms with Crippen LogP contribution in [0.25, 0.3) is 32.9 Å². The van der Waals surface area contributed by atoms with Crippen molar-refractivity contribution >= 4 is 21.8 Å². The van der Waals surface area contributed by atoms with Gasteiger partial charge in [-0.25, -0.2) is 0 Å². The van der Waals surface area contributed by atoms with Gasteiger partial charge in [0.25, 0.3) is 0 Å². The summed E-state index contributed by atoms with van der Waals surface area (Å²) in [5, 5.41) is 2.19. The van der Waals surface area contributed by atoms with Crippen LogP contribution in [-0.4, -0.2) is 79.3 Å². The molecule has 0 spiro atoms. The van der Waals surface area contributed by atoms with E-state index < -0.39 is 0 Å². The molecule has 1 aliphatic rings. The molecule has 0 amide bonds. The molecule has 1 aromatic heterocycles. The maximum absolute atomic E-state index is 6.14. The van der Waals surface area contributed by atoms with Crippen LogP contribution in [0.4, 0.5) is 0 Å². The highest BCUT2D eigenvalue weighted by Gasteiger charge is 2.20. The van der Waals surface area contributed by atoms with Gasteiger partial charge < -0.3 is 37.9 Å². The molecular weight excluding hydrogens is 598 g/mol. The van der Waals surface area contributed by atoms with Crippen LogP contribution >= 0.6 is 0 Å². The molecule has 9 heteroatoms. The van der Waals surface area contributed by atoms with Crippen LogP contribution in [0.2, 0.25) is 0 Å². The fourth-order valence-corrected chi connectivity index (χ4v) is 5.58. The summed E-state index contributed by atoms with van der Waals surface area (Å²) in [6, 6.07) is 30.5. The Morgan fingerprint density at radius 1 is 0.426 bits per heavy atom. The molecule has 5 aromatic rings. The van der Waals surface area contributed by atoms with Gasteiger partial charge in [0.05, 0.1) is 63.6 Å². The Kier molecular flexibility index (Phi) is 11.7. The van der Waals surface area contributed by atoms with Crippen molar-refractivity contribution in [3.8, 4) is 34.1 Å². The molecule has 0 atom stereocenters. The van der Waals surface area contributed by atoms with E-state index in [4.69, 9.17) is 37.9 Å². The predicted octanol–water partition coefficient (Wildman–Crippen LogP) is 5.78. The molecule has 0 unspecified atom stereocenters. The molecule has 6 rings (SSSR count). The second-order valence-corrected chi connectivity index (χ2v) is 10.9. The number of rotatable bonds is 1. The lowest BCUT2D eigenvalue weighted by Gasteiger charge is -2.14. The van der Waals surface area contributed by atoms with Crippen molar-refractivity contribution in [3.63, 3.8) is 0 Å². The zero-order chi connectivity index (χ0) is 32.1. The van der Waals surface area contributed by atoms with Gasteiger partial charge in [0.2, 0.25) is 11.0 Å². The quantitative estimate of drug-likeness (QED) is 0.169. The van der Waals surface area contributed by atoms with Crippen LogP contribution in [0, 0.1) is 0 Å². The topological polar surface area (TPSA) is 77.7 Å². The lowest BCUT2D eigenvalue weighted by molar-refractivity contribution is -0.617. The van der Waals surface area contributed by atoms with E-state index in [1.54, 1.807) is 0 Å². The zero-order valence-corrected chi connectivity index (χ0v) is 26.9. The Hall–Kier alpha value is -4.41. The first-order valence-electron chi connectivity index (χ1n) is 16.1. The van der Waals surface area contributed by atoms with E-state index in [2.05, 4.69) is 60.1 Å². The maximum Gasteiger partial charge on any atom is 0.213 e. The summed E-state index contributed by atoms with van der Waals surface area (Å²) < 4.78 is 49.2. The molecule has 47 heavy (non-hydrogen) atoms. The van der Waals surface area contributed by atoms with Crippen LogP contribution < -0.4 is 23.5 Å². The number of hydrogen-bond acceptors (Lipinski definition) is 8. The van der Waals surface area contributed by atoms with Crippen LogP contribution in [0.5, 0.6) is 23.0 Å². The molecule has 246 valence electrons. The van der Waals surface area contributed by atoms with E-state index in [-0.39, 0.29) is 0 Å². The predicted molar refractivity (Wildman–Crippen MR) is 180 cm³/mol. The summed E-state index contributed by atoms with van der Waals surface area (Å²) in [7, 11) is 2.09. The van der Waals surface area contributed by atoms with Gasteiger partial charge in [0.1, 0.15) is 45.0 Å². The van der Waals surface area contributed by atoms with Gasteiger partial charge in [0, 0.05) is 17.7 Å². The van der Waals surface area contributed by atoms with Crippen molar-refractivity contribution in [2.45, 2.75) is 0 Å². The first-order valence-corrected chi connectivity index (χ1v) is 16.1. The summed E-state index contributed by atoms with van der Waals surface area (Å²) in [5.41, 5.74) is 4.47. The number of hydrogen-bond donors (Lipinski definition) is 0. The SMILES string of the molecule is C[n+]1c2ccc3cc2c(-c2ccccc2)c2cc(ccc21)OCCOCCOCCOc1ccccc1OCCOCCOCCO3. The summed E-state index contributed by atoms with van der Waals surface area (Å²) in [6.07, 6.45) is 0. The first kappa shape index (κ1) is 32.5. The number of para-hydroxylation sites is 2. The highest BCUT2D eigenvalue weighted by Crippen LogP contribution is 2.37. The van der Waals surface area contributed by atoms with Crippen molar-refractivity contribution in [2.75, 3.05) is 79.3 Å². The van der Waals surface area contributed by atoms with Gasteiger partial charge >= 0.3 is 0 Å². The van der Waals surface area contributed by atoms with Crippen molar-refractivity contribution in [1.82, 2.24) is 0 Å². The third kappa shape index (κ3) is 8.69. The standard InChI is InChI=1S/C38H42NO8/c1-39-34-13-11-30-27-32(34)38(29-7-3-2-4-8-29)33-28-31(12-14-35(33)39)45-24-20-41-16-18-43-22-26-47-37-10-6-5-9-36(37)46-25-21-42-17-15-40-19-23-44-30/h2-14,27-28H,15-26H2,1H3/q+1. The Bertz CT molecular complexity index is 1620. The molecule has 2 heterocycles. The molecule has 0 saturated carbocycles. The highest BCUT2D eigenvalue weighted by atomic mass is 16.6. The number of benzene rings is 4. The Labute approximate surface area is 275 Å². The van der Waals surface area contributed by atoms with E-state index in [1.807, 2.05) is 42.5 Å². The van der Waals surface area contributed by atoms with Gasteiger partial charge in [-0.3, -0.25) is 0 Å². The zero-order valence-electron chi connectivity index (χ0n) is 26.9. The summed E-state index contributed by atoms with van der Waals surface area (Å²) in [6.45, 7) is 5.32. The monoisotopic (exact) mass is 640 g/mol. The van der Waals surface area contributed by atoms with Crippen molar-refractivity contribution in [3.05, 3.63) is 91.0 Å². The smallest absolute Gasteiger partial charge is 0.213 e. The summed E-state index contributed by atoms with van der Waals surface area (Å²) in [5.74, 6) is 2.91. The molecule has 9 nitrogen and oxygen atoms in total. The fourth-order valence-electron chi connectivity index (χ4n) is 5.58. The minimum atomic E-state index is 0.405. The number of aryl methyl sites for hydroxylation is 1. The maximum atomic E-state index is 6.14. The molecular formula is C38H42NO8+. The third-order valence-electron chi connectivity index (χ3n) is 7.82. The van der Waals surface area contributed by atoms with E-state index in [9.17, 15) is 0 Å². The van der Waals surface area contributed by atoms with E-state index >= 15 is 0 Å². The third-order valence-corrected chi connectivity index (χ3v) is 7.82. The normalized spacial score (nSPS) is 16.4. The van der Waals surface area contributed by atoms with Gasteiger partial charge in [-0.05, 0) is 42.0 Å². The molecule has 0 fully saturated rings.